The molecule has 1 aromatic carbocycles. The first kappa shape index (κ1) is 14.5. The Kier molecular flexibility index (Phi) is 4.21. The lowest BCUT2D eigenvalue weighted by Crippen LogP contribution is -1.95. The van der Waals surface area contributed by atoms with Crippen LogP contribution in [0.2, 0.25) is 10.0 Å². The zero-order chi connectivity index (χ0) is 14.8. The third-order valence-corrected chi connectivity index (χ3v) is 4.29. The zero-order valence-corrected chi connectivity index (χ0v) is 13.6. The number of H-pyrrole nitrogens is 1. The molecule has 0 aliphatic rings. The van der Waals surface area contributed by atoms with Gasteiger partial charge < -0.3 is 0 Å². The fourth-order valence-electron chi connectivity index (χ4n) is 1.72. The van der Waals surface area contributed by atoms with Crippen molar-refractivity contribution in [1.82, 2.24) is 14.9 Å². The van der Waals surface area contributed by atoms with Crippen molar-refractivity contribution < 1.29 is 0 Å². The summed E-state index contributed by atoms with van der Waals surface area (Å²) in [6, 6.07) is 9.11. The normalized spacial score (nSPS) is 11.3. The van der Waals surface area contributed by atoms with Gasteiger partial charge in [0.05, 0.1) is 11.2 Å². The summed E-state index contributed by atoms with van der Waals surface area (Å²) in [7, 11) is 0. The molecular weight excluding hydrogens is 347 g/mol. The van der Waals surface area contributed by atoms with Crippen molar-refractivity contribution in [3.05, 3.63) is 55.4 Å². The predicted octanol–water partition coefficient (Wildman–Crippen LogP) is 4.86. The molecule has 0 bridgehead atoms. The maximum absolute atomic E-state index is 6.21. The summed E-state index contributed by atoms with van der Waals surface area (Å²) >= 11 is 18.9. The second-order valence-electron chi connectivity index (χ2n) is 4.05. The highest BCUT2D eigenvalue weighted by Gasteiger charge is 2.12. The Labute approximate surface area is 139 Å². The molecule has 0 unspecified atom stereocenters. The van der Waals surface area contributed by atoms with E-state index in [2.05, 4.69) is 15.3 Å². The van der Waals surface area contributed by atoms with Gasteiger partial charge in [-0.05, 0) is 41.9 Å². The second kappa shape index (κ2) is 6.11. The number of hydrogen-bond acceptors (Lipinski definition) is 4. The number of halogens is 2. The van der Waals surface area contributed by atoms with Gasteiger partial charge in [0.1, 0.15) is 0 Å². The van der Waals surface area contributed by atoms with E-state index in [0.29, 0.717) is 26.2 Å². The SMILES string of the molecule is S=c1[nH]nc(-c2ccc(Cl)cc2Cl)n1/N=C\c1cccs1. The number of rotatable bonds is 3. The van der Waals surface area contributed by atoms with Crippen LogP contribution >= 0.6 is 46.8 Å². The van der Waals surface area contributed by atoms with Gasteiger partial charge in [0.15, 0.2) is 5.82 Å². The van der Waals surface area contributed by atoms with Gasteiger partial charge in [-0.3, -0.25) is 0 Å². The molecule has 4 nitrogen and oxygen atoms in total. The molecule has 3 aromatic rings. The summed E-state index contributed by atoms with van der Waals surface area (Å²) in [6.07, 6.45) is 1.73. The quantitative estimate of drug-likeness (QED) is 0.539. The predicted molar refractivity (Wildman–Crippen MR) is 90.2 cm³/mol. The van der Waals surface area contributed by atoms with E-state index in [4.69, 9.17) is 35.4 Å². The number of nitrogens with one attached hydrogen (secondary N) is 1. The fraction of sp³-hybridized carbons (Fsp3) is 0. The Hall–Kier alpha value is -1.47. The van der Waals surface area contributed by atoms with Gasteiger partial charge in [0, 0.05) is 15.5 Å². The molecule has 0 atom stereocenters. The first-order valence-electron chi connectivity index (χ1n) is 5.86. The third-order valence-electron chi connectivity index (χ3n) is 2.67. The molecule has 0 spiro atoms. The van der Waals surface area contributed by atoms with Crippen LogP contribution in [-0.4, -0.2) is 21.1 Å². The van der Waals surface area contributed by atoms with E-state index in [1.807, 2.05) is 17.5 Å². The molecule has 106 valence electrons. The van der Waals surface area contributed by atoms with E-state index < -0.39 is 0 Å². The van der Waals surface area contributed by atoms with Crippen LogP contribution in [0.4, 0.5) is 0 Å². The number of hydrogen-bond donors (Lipinski definition) is 1. The van der Waals surface area contributed by atoms with Gasteiger partial charge in [-0.15, -0.1) is 11.3 Å². The van der Waals surface area contributed by atoms with Gasteiger partial charge in [-0.2, -0.15) is 14.9 Å². The van der Waals surface area contributed by atoms with E-state index >= 15 is 0 Å². The maximum atomic E-state index is 6.21. The lowest BCUT2D eigenvalue weighted by molar-refractivity contribution is 0.872. The molecule has 0 saturated carbocycles. The van der Waals surface area contributed by atoms with Crippen LogP contribution in [0.3, 0.4) is 0 Å². The molecule has 0 fully saturated rings. The Balaban J connectivity index is 2.06. The minimum atomic E-state index is 0.392. The Morgan fingerprint density at radius 3 is 2.90 bits per heavy atom. The van der Waals surface area contributed by atoms with Crippen molar-refractivity contribution in [3.63, 3.8) is 0 Å². The number of benzene rings is 1. The summed E-state index contributed by atoms with van der Waals surface area (Å²) in [4.78, 5) is 1.02. The average Bonchev–Trinajstić information content (AvgIpc) is 3.07. The highest BCUT2D eigenvalue weighted by molar-refractivity contribution is 7.71. The molecule has 1 N–H and O–H groups in total. The van der Waals surface area contributed by atoms with E-state index in [-0.39, 0.29) is 0 Å². The van der Waals surface area contributed by atoms with Crippen LogP contribution in [0.25, 0.3) is 11.4 Å². The number of aromatic amines is 1. The van der Waals surface area contributed by atoms with Crippen molar-refractivity contribution >= 4 is 53.0 Å². The molecule has 3 rings (SSSR count). The molecule has 2 aromatic heterocycles. The highest BCUT2D eigenvalue weighted by Crippen LogP contribution is 2.29. The van der Waals surface area contributed by atoms with Crippen molar-refractivity contribution in [1.29, 1.82) is 0 Å². The molecule has 0 radical (unpaired) electrons. The van der Waals surface area contributed by atoms with Crippen LogP contribution in [0, 0.1) is 4.77 Å². The van der Waals surface area contributed by atoms with Crippen LogP contribution in [0.1, 0.15) is 4.88 Å². The number of thiophene rings is 1. The summed E-state index contributed by atoms with van der Waals surface area (Å²) < 4.78 is 1.92. The smallest absolute Gasteiger partial charge is 0.216 e. The highest BCUT2D eigenvalue weighted by atomic mass is 35.5. The fourth-order valence-corrected chi connectivity index (χ4v) is 2.97. The van der Waals surface area contributed by atoms with Crippen molar-refractivity contribution in [3.8, 4) is 11.4 Å². The van der Waals surface area contributed by atoms with Crippen molar-refractivity contribution in [2.75, 3.05) is 0 Å². The van der Waals surface area contributed by atoms with Crippen LogP contribution in [0.15, 0.2) is 40.8 Å². The van der Waals surface area contributed by atoms with Crippen LogP contribution in [0.5, 0.6) is 0 Å². The largest absolute Gasteiger partial charge is 0.250 e. The molecular formula is C13H8Cl2N4S2. The van der Waals surface area contributed by atoms with Crippen molar-refractivity contribution in [2.45, 2.75) is 0 Å². The standard InChI is InChI=1S/C13H8Cl2N4S2/c14-8-3-4-10(11(15)6-8)12-17-18-13(20)19(12)16-7-9-2-1-5-21-9/h1-7H,(H,18,20)/b16-7-. The van der Waals surface area contributed by atoms with Gasteiger partial charge in [-0.1, -0.05) is 29.3 Å². The van der Waals surface area contributed by atoms with Gasteiger partial charge in [0.25, 0.3) is 0 Å². The van der Waals surface area contributed by atoms with E-state index in [0.717, 1.165) is 4.88 Å². The number of aromatic nitrogens is 3. The Morgan fingerprint density at radius 1 is 1.33 bits per heavy atom. The van der Waals surface area contributed by atoms with E-state index in [1.54, 1.807) is 35.8 Å². The first-order valence-corrected chi connectivity index (χ1v) is 7.90. The molecule has 8 heteroatoms. The monoisotopic (exact) mass is 354 g/mol. The number of nitrogens with zero attached hydrogens (tertiary/aromatic N) is 3. The summed E-state index contributed by atoms with van der Waals surface area (Å²) in [5, 5.41) is 14.3. The third kappa shape index (κ3) is 3.08. The van der Waals surface area contributed by atoms with Crippen molar-refractivity contribution in [2.24, 2.45) is 5.10 Å². The summed E-state index contributed by atoms with van der Waals surface area (Å²) in [6.45, 7) is 0. The minimum absolute atomic E-state index is 0.392. The zero-order valence-electron chi connectivity index (χ0n) is 10.5. The Bertz CT molecular complexity index is 849. The summed E-state index contributed by atoms with van der Waals surface area (Å²) in [5.74, 6) is 0.537. The van der Waals surface area contributed by atoms with Crippen LogP contribution < -0.4 is 0 Å². The molecule has 2 heterocycles. The molecule has 0 amide bonds. The molecule has 0 aliphatic heterocycles. The first-order chi connectivity index (χ1) is 10.1. The van der Waals surface area contributed by atoms with E-state index in [1.165, 1.54) is 4.68 Å². The maximum Gasteiger partial charge on any atom is 0.216 e. The lowest BCUT2D eigenvalue weighted by atomic mass is 10.2. The molecule has 21 heavy (non-hydrogen) atoms. The Morgan fingerprint density at radius 2 is 2.19 bits per heavy atom. The molecule has 0 aliphatic carbocycles. The van der Waals surface area contributed by atoms with E-state index in [9.17, 15) is 0 Å². The van der Waals surface area contributed by atoms with Gasteiger partial charge in [-0.25, -0.2) is 5.10 Å². The lowest BCUT2D eigenvalue weighted by Gasteiger charge is -2.03. The second-order valence-corrected chi connectivity index (χ2v) is 6.26. The molecule has 0 saturated heterocycles. The topological polar surface area (TPSA) is 46.0 Å². The van der Waals surface area contributed by atoms with Crippen LogP contribution in [-0.2, 0) is 0 Å². The van der Waals surface area contributed by atoms with Gasteiger partial charge in [0.2, 0.25) is 4.77 Å². The minimum Gasteiger partial charge on any atom is -0.250 e. The summed E-state index contributed by atoms with van der Waals surface area (Å²) in [5.41, 5.74) is 0.705. The van der Waals surface area contributed by atoms with Gasteiger partial charge >= 0.3 is 0 Å². The average molecular weight is 355 g/mol.